The fourth-order valence-corrected chi connectivity index (χ4v) is 4.61. The third-order valence-electron chi connectivity index (χ3n) is 5.27. The largest absolute Gasteiger partial charge is 0.364 e. The fraction of sp³-hybridized carbons (Fsp3) is 0.476. The molecule has 132 valence electrons. The first kappa shape index (κ1) is 16.8. The Morgan fingerprint density at radius 2 is 2.04 bits per heavy atom. The smallest absolute Gasteiger partial charge is 0.0840 e. The normalized spacial score (nSPS) is 20.8. The van der Waals surface area contributed by atoms with E-state index in [-0.39, 0.29) is 0 Å². The predicted octanol–water partition coefficient (Wildman–Crippen LogP) is 4.14. The third kappa shape index (κ3) is 3.51. The first-order chi connectivity index (χ1) is 12.2. The van der Waals surface area contributed by atoms with Crippen molar-refractivity contribution in [1.29, 1.82) is 0 Å². The number of piperazine rings is 1. The molecule has 0 N–H and O–H groups in total. The van der Waals surface area contributed by atoms with Gasteiger partial charge in [-0.3, -0.25) is 9.89 Å². The van der Waals surface area contributed by atoms with Gasteiger partial charge in [0.1, 0.15) is 0 Å². The Kier molecular flexibility index (Phi) is 4.91. The molecule has 0 aliphatic carbocycles. The minimum atomic E-state index is 0.486. The molecule has 1 unspecified atom stereocenters. The van der Waals surface area contributed by atoms with Gasteiger partial charge in [-0.05, 0) is 36.4 Å². The number of para-hydroxylation sites is 1. The van der Waals surface area contributed by atoms with Crippen LogP contribution in [0.2, 0.25) is 0 Å². The lowest BCUT2D eigenvalue weighted by molar-refractivity contribution is 0.214. The van der Waals surface area contributed by atoms with Crippen LogP contribution in [-0.2, 0) is 0 Å². The summed E-state index contributed by atoms with van der Waals surface area (Å²) < 4.78 is 0. The molecule has 2 aliphatic heterocycles. The molecular formula is C21H27N3S. The molecule has 2 aromatic rings. The van der Waals surface area contributed by atoms with Crippen molar-refractivity contribution in [3.63, 3.8) is 0 Å². The highest BCUT2D eigenvalue weighted by Crippen LogP contribution is 2.31. The topological polar surface area (TPSA) is 18.8 Å². The number of nitrogens with zero attached hydrogens (tertiary/aromatic N) is 3. The van der Waals surface area contributed by atoms with Crippen molar-refractivity contribution < 1.29 is 0 Å². The van der Waals surface area contributed by atoms with Crippen molar-refractivity contribution >= 4 is 22.7 Å². The monoisotopic (exact) mass is 353 g/mol. The maximum atomic E-state index is 5.08. The highest BCUT2D eigenvalue weighted by atomic mass is 32.1. The molecule has 0 bridgehead atoms. The van der Waals surface area contributed by atoms with Gasteiger partial charge in [-0.15, -0.1) is 11.3 Å². The van der Waals surface area contributed by atoms with E-state index in [1.54, 1.807) is 11.3 Å². The van der Waals surface area contributed by atoms with Crippen LogP contribution in [0, 0.1) is 5.92 Å². The van der Waals surface area contributed by atoms with E-state index in [2.05, 4.69) is 65.4 Å². The summed E-state index contributed by atoms with van der Waals surface area (Å²) in [6.45, 7) is 10.1. The molecule has 0 saturated carbocycles. The van der Waals surface area contributed by atoms with Crippen LogP contribution < -0.4 is 4.90 Å². The molecule has 4 heteroatoms. The van der Waals surface area contributed by atoms with Gasteiger partial charge < -0.3 is 4.90 Å². The van der Waals surface area contributed by atoms with Crippen molar-refractivity contribution in [3.8, 4) is 0 Å². The predicted molar refractivity (Wildman–Crippen MR) is 108 cm³/mol. The van der Waals surface area contributed by atoms with Gasteiger partial charge in [-0.1, -0.05) is 38.1 Å². The zero-order valence-corrected chi connectivity index (χ0v) is 16.0. The minimum absolute atomic E-state index is 0.486. The Labute approximate surface area is 155 Å². The number of rotatable bonds is 4. The maximum Gasteiger partial charge on any atom is 0.0840 e. The van der Waals surface area contributed by atoms with Crippen molar-refractivity contribution in [2.75, 3.05) is 37.6 Å². The van der Waals surface area contributed by atoms with Crippen LogP contribution in [0.4, 0.5) is 5.69 Å². The molecule has 2 aliphatic rings. The van der Waals surface area contributed by atoms with Crippen molar-refractivity contribution in [3.05, 3.63) is 52.2 Å². The third-order valence-corrected chi connectivity index (χ3v) is 6.15. The molecule has 0 spiro atoms. The van der Waals surface area contributed by atoms with Crippen LogP contribution >= 0.6 is 11.3 Å². The van der Waals surface area contributed by atoms with Crippen molar-refractivity contribution in [2.24, 2.45) is 10.9 Å². The zero-order valence-electron chi connectivity index (χ0n) is 15.2. The van der Waals surface area contributed by atoms with Gasteiger partial charge in [-0.25, -0.2) is 0 Å². The molecule has 3 nitrogen and oxygen atoms in total. The lowest BCUT2D eigenvalue weighted by Gasteiger charge is -2.42. The van der Waals surface area contributed by atoms with Gasteiger partial charge in [0, 0.05) is 30.9 Å². The van der Waals surface area contributed by atoms with Crippen LogP contribution in [0.25, 0.3) is 0 Å². The highest BCUT2D eigenvalue weighted by Gasteiger charge is 2.31. The van der Waals surface area contributed by atoms with Gasteiger partial charge in [0.15, 0.2) is 0 Å². The van der Waals surface area contributed by atoms with E-state index >= 15 is 0 Å². The molecule has 1 fully saturated rings. The van der Waals surface area contributed by atoms with Gasteiger partial charge in [0.2, 0.25) is 0 Å². The van der Waals surface area contributed by atoms with E-state index in [4.69, 9.17) is 4.99 Å². The number of fused-ring (bicyclic) bond motifs is 3. The molecular weight excluding hydrogens is 326 g/mol. The Morgan fingerprint density at radius 3 is 2.84 bits per heavy atom. The Hall–Kier alpha value is -1.65. The van der Waals surface area contributed by atoms with E-state index in [1.165, 1.54) is 34.8 Å². The summed E-state index contributed by atoms with van der Waals surface area (Å²) in [6, 6.07) is 13.6. The highest BCUT2D eigenvalue weighted by molar-refractivity contribution is 7.12. The Bertz CT molecular complexity index is 735. The number of thiophene rings is 1. The van der Waals surface area contributed by atoms with E-state index in [0.717, 1.165) is 32.1 Å². The van der Waals surface area contributed by atoms with Crippen LogP contribution in [0.1, 0.15) is 30.7 Å². The summed E-state index contributed by atoms with van der Waals surface area (Å²) in [5.74, 6) is 0.774. The molecule has 1 aromatic carbocycles. The fourth-order valence-electron chi connectivity index (χ4n) is 3.87. The summed E-state index contributed by atoms with van der Waals surface area (Å²) in [6.07, 6.45) is 1.28. The van der Waals surface area contributed by atoms with Crippen LogP contribution in [-0.4, -0.2) is 49.4 Å². The van der Waals surface area contributed by atoms with Crippen LogP contribution in [0.3, 0.4) is 0 Å². The summed E-state index contributed by atoms with van der Waals surface area (Å²) in [5, 5.41) is 2.15. The molecule has 0 radical (unpaired) electrons. The van der Waals surface area contributed by atoms with E-state index < -0.39 is 0 Å². The second kappa shape index (κ2) is 7.30. The first-order valence-electron chi connectivity index (χ1n) is 9.39. The Balaban J connectivity index is 1.62. The maximum absolute atomic E-state index is 5.08. The van der Waals surface area contributed by atoms with E-state index in [9.17, 15) is 0 Å². The minimum Gasteiger partial charge on any atom is -0.364 e. The summed E-state index contributed by atoms with van der Waals surface area (Å²) in [4.78, 5) is 11.6. The molecule has 4 rings (SSSR count). The molecule has 0 amide bonds. The van der Waals surface area contributed by atoms with Crippen molar-refractivity contribution in [2.45, 2.75) is 26.3 Å². The second-order valence-electron chi connectivity index (χ2n) is 7.51. The van der Waals surface area contributed by atoms with Gasteiger partial charge in [-0.2, -0.15) is 0 Å². The lowest BCUT2D eigenvalue weighted by atomic mass is 10.0. The quantitative estimate of drug-likeness (QED) is 0.823. The van der Waals surface area contributed by atoms with Crippen LogP contribution in [0.5, 0.6) is 0 Å². The second-order valence-corrected chi connectivity index (χ2v) is 8.46. The van der Waals surface area contributed by atoms with E-state index in [0.29, 0.717) is 6.04 Å². The first-order valence-corrected chi connectivity index (χ1v) is 10.3. The molecule has 1 aromatic heterocycles. The molecule has 1 atom stereocenters. The average molecular weight is 354 g/mol. The standard InChI is InChI=1S/C21H27N3S/c1-16(2)9-10-23-11-12-24-17(15-23)14-22-21(20-8-5-13-25-20)18-6-3-4-7-19(18)24/h3-8,13,16-17H,9-12,14-15H2,1-2H3. The molecule has 1 saturated heterocycles. The zero-order chi connectivity index (χ0) is 17.2. The van der Waals surface area contributed by atoms with Crippen LogP contribution in [0.15, 0.2) is 46.8 Å². The summed E-state index contributed by atoms with van der Waals surface area (Å²) in [5.41, 5.74) is 3.83. The number of anilines is 1. The summed E-state index contributed by atoms with van der Waals surface area (Å²) in [7, 11) is 0. The number of hydrogen-bond donors (Lipinski definition) is 0. The van der Waals surface area contributed by atoms with Gasteiger partial charge in [0.05, 0.1) is 23.2 Å². The molecule has 3 heterocycles. The average Bonchev–Trinajstić information content (AvgIpc) is 3.10. The number of benzene rings is 1. The van der Waals surface area contributed by atoms with E-state index in [1.807, 2.05) is 0 Å². The molecule has 25 heavy (non-hydrogen) atoms. The lowest BCUT2D eigenvalue weighted by Crippen LogP contribution is -2.54. The van der Waals surface area contributed by atoms with Crippen molar-refractivity contribution in [1.82, 2.24) is 4.90 Å². The van der Waals surface area contributed by atoms with Gasteiger partial charge in [0.25, 0.3) is 0 Å². The van der Waals surface area contributed by atoms with Gasteiger partial charge >= 0.3 is 0 Å². The SMILES string of the molecule is CC(C)CCN1CCN2c3ccccc3C(c3cccs3)=NCC2C1. The summed E-state index contributed by atoms with van der Waals surface area (Å²) >= 11 is 1.79. The number of hydrogen-bond acceptors (Lipinski definition) is 4. The number of aliphatic imine (C=N–C) groups is 1. The Morgan fingerprint density at radius 1 is 1.16 bits per heavy atom.